The zero-order chi connectivity index (χ0) is 11.3. The van der Waals surface area contributed by atoms with E-state index in [1.165, 1.54) is 11.1 Å². The van der Waals surface area contributed by atoms with E-state index in [0.717, 1.165) is 6.42 Å². The monoisotopic (exact) mass is 251 g/mol. The minimum absolute atomic E-state index is 0. The number of hydrogen-bond donors (Lipinski definition) is 2. The Morgan fingerprint density at radius 3 is 3.00 bits per heavy atom. The van der Waals surface area contributed by atoms with Crippen LogP contribution in [0.2, 0.25) is 0 Å². The second-order valence-electron chi connectivity index (χ2n) is 3.51. The molecule has 1 fully saturated rings. The summed E-state index contributed by atoms with van der Waals surface area (Å²) in [5.41, 5.74) is 5.77. The van der Waals surface area contributed by atoms with Gasteiger partial charge in [0.05, 0.1) is 18.9 Å². The Labute approximate surface area is 101 Å². The van der Waals surface area contributed by atoms with Gasteiger partial charge in [-0.05, 0) is 19.8 Å². The first-order chi connectivity index (χ1) is 7.19. The molecule has 1 aliphatic heterocycles. The summed E-state index contributed by atoms with van der Waals surface area (Å²) in [6.45, 7) is 2.63. The van der Waals surface area contributed by atoms with Gasteiger partial charge in [0.25, 0.3) is 0 Å². The molecular weight excluding hydrogens is 234 g/mol. The second kappa shape index (κ2) is 7.29. The quantitative estimate of drug-likeness (QED) is 0.432. The number of hydrogen-bond acceptors (Lipinski definition) is 5. The van der Waals surface area contributed by atoms with Crippen molar-refractivity contribution >= 4 is 24.7 Å². The summed E-state index contributed by atoms with van der Waals surface area (Å²) < 4.78 is 4.90. The minimum atomic E-state index is -0.380. The summed E-state index contributed by atoms with van der Waals surface area (Å²) in [5, 5.41) is 11.4. The minimum Gasteiger partial charge on any atom is -0.450 e. The van der Waals surface area contributed by atoms with Crippen molar-refractivity contribution in [2.45, 2.75) is 31.8 Å². The van der Waals surface area contributed by atoms with Gasteiger partial charge in [-0.15, -0.1) is 12.4 Å². The first-order valence-electron chi connectivity index (χ1n) is 5.05. The van der Waals surface area contributed by atoms with Gasteiger partial charge in [-0.3, -0.25) is 4.90 Å². The van der Waals surface area contributed by atoms with Gasteiger partial charge in [0.15, 0.2) is 0 Å². The van der Waals surface area contributed by atoms with E-state index in [4.69, 9.17) is 15.7 Å². The molecule has 0 aromatic heterocycles. The number of ether oxygens (including phenoxy) is 1. The molecule has 0 aromatic rings. The molecule has 0 radical (unpaired) electrons. The second-order valence-corrected chi connectivity index (χ2v) is 3.51. The molecule has 0 spiro atoms. The van der Waals surface area contributed by atoms with Crippen LogP contribution in [0.4, 0.5) is 4.79 Å². The highest BCUT2D eigenvalue weighted by atomic mass is 35.5. The molecule has 2 unspecified atom stereocenters. The van der Waals surface area contributed by atoms with E-state index in [1.807, 2.05) is 0 Å². The van der Waals surface area contributed by atoms with Crippen molar-refractivity contribution in [3.63, 3.8) is 0 Å². The van der Waals surface area contributed by atoms with Gasteiger partial charge in [-0.2, -0.15) is 0 Å². The normalized spacial score (nSPS) is 25.2. The highest BCUT2D eigenvalue weighted by molar-refractivity contribution is 5.85. The van der Waals surface area contributed by atoms with Crippen LogP contribution in [0.3, 0.4) is 0 Å². The van der Waals surface area contributed by atoms with Crippen molar-refractivity contribution < 1.29 is 14.7 Å². The third-order valence-electron chi connectivity index (χ3n) is 2.43. The van der Waals surface area contributed by atoms with Crippen molar-refractivity contribution in [1.29, 1.82) is 0 Å². The van der Waals surface area contributed by atoms with Crippen molar-refractivity contribution in [3.05, 3.63) is 0 Å². The van der Waals surface area contributed by atoms with Gasteiger partial charge in [-0.1, -0.05) is 5.16 Å². The first kappa shape index (κ1) is 15.0. The largest absolute Gasteiger partial charge is 0.450 e. The van der Waals surface area contributed by atoms with Crippen molar-refractivity contribution in [2.24, 2.45) is 10.9 Å². The van der Waals surface area contributed by atoms with E-state index < -0.39 is 0 Å². The molecule has 3 N–H and O–H groups in total. The standard InChI is InChI=1S/C9H17N3O3.ClH/c1-2-15-9(13)12-4-3-7(10)5-8(12)6-11-14;/h6-8,14H,2-5,10H2,1H3;1H. The van der Waals surface area contributed by atoms with E-state index in [2.05, 4.69) is 5.16 Å². The molecule has 0 bridgehead atoms. The molecule has 1 aliphatic rings. The van der Waals surface area contributed by atoms with Crippen molar-refractivity contribution in [3.8, 4) is 0 Å². The Kier molecular flexibility index (Phi) is 6.83. The van der Waals surface area contributed by atoms with Crippen LogP contribution in [0, 0.1) is 0 Å². The van der Waals surface area contributed by atoms with Gasteiger partial charge in [-0.25, -0.2) is 4.79 Å². The lowest BCUT2D eigenvalue weighted by Crippen LogP contribution is -2.50. The van der Waals surface area contributed by atoms with E-state index >= 15 is 0 Å². The molecular formula is C9H18ClN3O3. The number of rotatable bonds is 2. The van der Waals surface area contributed by atoms with E-state index in [9.17, 15) is 4.79 Å². The molecule has 0 saturated carbocycles. The average Bonchev–Trinajstić information content (AvgIpc) is 2.18. The summed E-state index contributed by atoms with van der Waals surface area (Å²) in [4.78, 5) is 13.0. The fourth-order valence-electron chi connectivity index (χ4n) is 1.68. The smallest absolute Gasteiger partial charge is 0.410 e. The maximum atomic E-state index is 11.5. The maximum absolute atomic E-state index is 11.5. The summed E-state index contributed by atoms with van der Waals surface area (Å²) in [6, 6.07) is -0.225. The summed E-state index contributed by atoms with van der Waals surface area (Å²) in [6.07, 6.45) is 2.28. The zero-order valence-electron chi connectivity index (χ0n) is 9.20. The fraction of sp³-hybridized carbons (Fsp3) is 0.778. The van der Waals surface area contributed by atoms with Crippen LogP contribution in [-0.4, -0.2) is 47.7 Å². The number of carbonyl (C=O) groups is 1. The molecule has 1 saturated heterocycles. The van der Waals surface area contributed by atoms with Crippen LogP contribution in [0.15, 0.2) is 5.16 Å². The molecule has 0 aliphatic carbocycles. The number of oxime groups is 1. The summed E-state index contributed by atoms with van der Waals surface area (Å²) >= 11 is 0. The predicted octanol–water partition coefficient (Wildman–Crippen LogP) is 0.816. The van der Waals surface area contributed by atoms with Crippen LogP contribution < -0.4 is 5.73 Å². The van der Waals surface area contributed by atoms with E-state index in [1.54, 1.807) is 6.92 Å². The molecule has 16 heavy (non-hydrogen) atoms. The maximum Gasteiger partial charge on any atom is 0.410 e. The number of carbonyl (C=O) groups excluding carboxylic acids is 1. The number of nitrogens with zero attached hydrogens (tertiary/aromatic N) is 2. The fourth-order valence-corrected chi connectivity index (χ4v) is 1.68. The van der Waals surface area contributed by atoms with Crippen LogP contribution in [0.1, 0.15) is 19.8 Å². The molecule has 94 valence electrons. The Balaban J connectivity index is 0.00000225. The summed E-state index contributed by atoms with van der Waals surface area (Å²) in [5.74, 6) is 0. The highest BCUT2D eigenvalue weighted by Gasteiger charge is 2.29. The van der Waals surface area contributed by atoms with Crippen LogP contribution in [0.5, 0.6) is 0 Å². The zero-order valence-corrected chi connectivity index (χ0v) is 10.0. The SMILES string of the molecule is CCOC(=O)N1CCC(N)CC1C=NO.Cl. The Morgan fingerprint density at radius 1 is 1.75 bits per heavy atom. The van der Waals surface area contributed by atoms with Crippen molar-refractivity contribution in [1.82, 2.24) is 4.90 Å². The first-order valence-corrected chi connectivity index (χ1v) is 5.05. The lowest BCUT2D eigenvalue weighted by molar-refractivity contribution is 0.0878. The van der Waals surface area contributed by atoms with E-state index in [-0.39, 0.29) is 30.6 Å². The number of likely N-dealkylation sites (tertiary alicyclic amines) is 1. The van der Waals surface area contributed by atoms with Gasteiger partial charge < -0.3 is 15.7 Å². The Morgan fingerprint density at radius 2 is 2.44 bits per heavy atom. The molecule has 7 heteroatoms. The topological polar surface area (TPSA) is 88.2 Å². The highest BCUT2D eigenvalue weighted by Crippen LogP contribution is 2.16. The Hall–Kier alpha value is -1.01. The molecule has 6 nitrogen and oxygen atoms in total. The molecule has 1 amide bonds. The lowest BCUT2D eigenvalue weighted by atomic mass is 9.99. The molecule has 0 aromatic carbocycles. The molecule has 1 rings (SSSR count). The average molecular weight is 252 g/mol. The van der Waals surface area contributed by atoms with Gasteiger partial charge in [0.1, 0.15) is 0 Å². The molecule has 2 atom stereocenters. The number of amides is 1. The van der Waals surface area contributed by atoms with Crippen molar-refractivity contribution in [2.75, 3.05) is 13.2 Å². The van der Waals surface area contributed by atoms with E-state index in [0.29, 0.717) is 19.6 Å². The van der Waals surface area contributed by atoms with Crippen LogP contribution in [-0.2, 0) is 4.74 Å². The third-order valence-corrected chi connectivity index (χ3v) is 2.43. The third kappa shape index (κ3) is 3.86. The summed E-state index contributed by atoms with van der Waals surface area (Å²) in [7, 11) is 0. The number of piperidine rings is 1. The van der Waals surface area contributed by atoms with Gasteiger partial charge >= 0.3 is 6.09 Å². The number of nitrogens with two attached hydrogens (primary N) is 1. The Bertz CT molecular complexity index is 250. The number of halogens is 1. The molecule has 1 heterocycles. The van der Waals surface area contributed by atoms with Gasteiger partial charge in [0.2, 0.25) is 0 Å². The lowest BCUT2D eigenvalue weighted by Gasteiger charge is -2.35. The van der Waals surface area contributed by atoms with Crippen LogP contribution in [0.25, 0.3) is 0 Å². The predicted molar refractivity (Wildman–Crippen MR) is 62.3 cm³/mol. The van der Waals surface area contributed by atoms with Crippen LogP contribution >= 0.6 is 12.4 Å². The van der Waals surface area contributed by atoms with Gasteiger partial charge in [0, 0.05) is 12.6 Å².